The molecule has 0 atom stereocenters. The van der Waals surface area contributed by atoms with Crippen LogP contribution in [0.25, 0.3) is 81.0 Å². The van der Waals surface area contributed by atoms with E-state index in [2.05, 4.69) is 228 Å². The number of rotatable bonds is 7. The number of aromatic nitrogens is 1. The van der Waals surface area contributed by atoms with E-state index in [4.69, 9.17) is 0 Å². The number of benzene rings is 9. The molecule has 0 aliphatic rings. The summed E-state index contributed by atoms with van der Waals surface area (Å²) >= 11 is 1.89. The van der Waals surface area contributed by atoms with Crippen LogP contribution in [0.5, 0.6) is 0 Å². The number of para-hydroxylation sites is 2. The molecule has 0 N–H and O–H groups in total. The van der Waals surface area contributed by atoms with E-state index in [-0.39, 0.29) is 0 Å². The molecule has 0 fully saturated rings. The van der Waals surface area contributed by atoms with E-state index in [0.29, 0.717) is 0 Å². The monoisotopic (exact) mass is 744 g/mol. The highest BCUT2D eigenvalue weighted by molar-refractivity contribution is 7.26. The van der Waals surface area contributed by atoms with Crippen molar-refractivity contribution in [2.75, 3.05) is 4.90 Å². The molecule has 2 heterocycles. The summed E-state index contributed by atoms with van der Waals surface area (Å²) in [5.41, 5.74) is 14.3. The maximum atomic E-state index is 2.46. The molecular formula is C54H36N2S. The Morgan fingerprint density at radius 2 is 0.825 bits per heavy atom. The lowest BCUT2D eigenvalue weighted by atomic mass is 9.98. The van der Waals surface area contributed by atoms with Crippen LogP contribution in [-0.2, 0) is 0 Å². The molecule has 0 saturated heterocycles. The van der Waals surface area contributed by atoms with Gasteiger partial charge in [-0.15, -0.1) is 11.3 Å². The summed E-state index contributed by atoms with van der Waals surface area (Å²) in [5.74, 6) is 0. The Morgan fingerprint density at radius 1 is 0.368 bits per heavy atom. The number of fused-ring (bicyclic) bond motifs is 7. The average Bonchev–Trinajstić information content (AvgIpc) is 3.84. The van der Waals surface area contributed by atoms with Gasteiger partial charge in [0.2, 0.25) is 0 Å². The minimum Gasteiger partial charge on any atom is -0.311 e. The Bertz CT molecular complexity index is 3100. The van der Waals surface area contributed by atoms with Crippen LogP contribution in [0.4, 0.5) is 17.1 Å². The van der Waals surface area contributed by atoms with E-state index < -0.39 is 0 Å². The lowest BCUT2D eigenvalue weighted by Crippen LogP contribution is -2.09. The van der Waals surface area contributed by atoms with E-state index in [1.807, 2.05) is 11.3 Å². The molecule has 0 unspecified atom stereocenters. The van der Waals surface area contributed by atoms with Gasteiger partial charge in [0, 0.05) is 59.3 Å². The van der Waals surface area contributed by atoms with Crippen molar-refractivity contribution >= 4 is 70.4 Å². The molecule has 0 aliphatic heterocycles. The van der Waals surface area contributed by atoms with E-state index in [0.717, 1.165) is 17.1 Å². The first-order chi connectivity index (χ1) is 28.3. The largest absolute Gasteiger partial charge is 0.311 e. The molecule has 3 heteroatoms. The third-order valence-corrected chi connectivity index (χ3v) is 12.4. The van der Waals surface area contributed by atoms with Gasteiger partial charge in [-0.3, -0.25) is 0 Å². The van der Waals surface area contributed by atoms with Crippen molar-refractivity contribution in [1.29, 1.82) is 0 Å². The second-order valence-corrected chi connectivity index (χ2v) is 15.6. The van der Waals surface area contributed by atoms with Crippen molar-refractivity contribution < 1.29 is 0 Å². The van der Waals surface area contributed by atoms with Crippen LogP contribution in [-0.4, -0.2) is 4.57 Å². The third kappa shape index (κ3) is 5.71. The van der Waals surface area contributed by atoms with Crippen LogP contribution >= 0.6 is 11.3 Å². The molecule has 0 bridgehead atoms. The third-order valence-electron chi connectivity index (χ3n) is 11.2. The topological polar surface area (TPSA) is 8.17 Å². The molecule has 2 aromatic heterocycles. The van der Waals surface area contributed by atoms with E-state index >= 15 is 0 Å². The summed E-state index contributed by atoms with van der Waals surface area (Å²) in [5, 5.41) is 5.13. The van der Waals surface area contributed by atoms with Crippen molar-refractivity contribution in [3.63, 3.8) is 0 Å². The first kappa shape index (κ1) is 33.2. The Balaban J connectivity index is 1.07. The molecule has 2 nitrogen and oxygen atoms in total. The van der Waals surface area contributed by atoms with E-state index in [1.54, 1.807) is 0 Å². The van der Waals surface area contributed by atoms with Crippen LogP contribution < -0.4 is 4.90 Å². The van der Waals surface area contributed by atoms with Gasteiger partial charge in [0.25, 0.3) is 0 Å². The Hall–Kier alpha value is -7.20. The van der Waals surface area contributed by atoms with Gasteiger partial charge in [-0.25, -0.2) is 0 Å². The molecule has 268 valence electrons. The number of anilines is 3. The number of hydrogen-bond donors (Lipinski definition) is 0. The maximum Gasteiger partial charge on any atom is 0.0634 e. The van der Waals surface area contributed by atoms with Crippen LogP contribution in [0.3, 0.4) is 0 Å². The molecule has 0 amide bonds. The molecular weight excluding hydrogens is 709 g/mol. The molecule has 0 aliphatic carbocycles. The second kappa shape index (κ2) is 13.8. The van der Waals surface area contributed by atoms with Crippen molar-refractivity contribution in [1.82, 2.24) is 4.57 Å². The summed E-state index contributed by atoms with van der Waals surface area (Å²) in [4.78, 5) is 2.36. The zero-order valence-corrected chi connectivity index (χ0v) is 31.9. The lowest BCUT2D eigenvalue weighted by Gasteiger charge is -2.26. The predicted octanol–water partition coefficient (Wildman–Crippen LogP) is 15.6. The van der Waals surface area contributed by atoms with E-state index in [1.165, 1.54) is 81.0 Å². The standard InChI is InChI=1S/C54H36N2S/c1-4-14-37(15-5-1)39-24-30-43(31-25-39)55(44-32-26-40(27-33-44)38-16-6-2-7-17-38)45-34-28-41(29-35-45)48-36-49-46-20-10-12-22-50(46)56(42-18-8-3-9-19-42)53(49)52-47-21-11-13-23-51(47)57-54(48)52/h1-36H. The first-order valence-corrected chi connectivity index (χ1v) is 20.2. The summed E-state index contributed by atoms with van der Waals surface area (Å²) in [7, 11) is 0. The fraction of sp³-hybridized carbons (Fsp3) is 0. The number of nitrogens with zero attached hydrogens (tertiary/aromatic N) is 2. The van der Waals surface area contributed by atoms with Gasteiger partial charge in [0.1, 0.15) is 0 Å². The normalized spacial score (nSPS) is 11.5. The van der Waals surface area contributed by atoms with E-state index in [9.17, 15) is 0 Å². The fourth-order valence-electron chi connectivity index (χ4n) is 8.50. The lowest BCUT2D eigenvalue weighted by molar-refractivity contribution is 1.19. The van der Waals surface area contributed by atoms with Crippen molar-refractivity contribution in [3.8, 4) is 39.1 Å². The Labute approximate surface area is 335 Å². The van der Waals surface area contributed by atoms with Crippen molar-refractivity contribution in [3.05, 3.63) is 218 Å². The zero-order valence-electron chi connectivity index (χ0n) is 31.1. The Kier molecular flexibility index (Phi) is 8.04. The number of thiophene rings is 1. The second-order valence-electron chi connectivity index (χ2n) is 14.5. The van der Waals surface area contributed by atoms with Gasteiger partial charge in [-0.2, -0.15) is 0 Å². The summed E-state index contributed by atoms with van der Waals surface area (Å²) in [6, 6.07) is 79.1. The summed E-state index contributed by atoms with van der Waals surface area (Å²) in [6.07, 6.45) is 0. The van der Waals surface area contributed by atoms with Crippen LogP contribution in [0.15, 0.2) is 218 Å². The molecule has 0 saturated carbocycles. The predicted molar refractivity (Wildman–Crippen MR) is 245 cm³/mol. The fourth-order valence-corrected chi connectivity index (χ4v) is 9.74. The molecule has 11 aromatic rings. The maximum absolute atomic E-state index is 2.46. The van der Waals surface area contributed by atoms with Crippen molar-refractivity contribution in [2.45, 2.75) is 0 Å². The zero-order chi connectivity index (χ0) is 37.7. The van der Waals surface area contributed by atoms with Gasteiger partial charge in [0.05, 0.1) is 11.0 Å². The number of hydrogen-bond acceptors (Lipinski definition) is 2. The van der Waals surface area contributed by atoms with Crippen LogP contribution in [0, 0.1) is 0 Å². The minimum atomic E-state index is 1.10. The van der Waals surface area contributed by atoms with Crippen LogP contribution in [0.2, 0.25) is 0 Å². The van der Waals surface area contributed by atoms with Gasteiger partial charge < -0.3 is 9.47 Å². The summed E-state index contributed by atoms with van der Waals surface area (Å²) in [6.45, 7) is 0. The molecule has 11 rings (SSSR count). The highest BCUT2D eigenvalue weighted by Crippen LogP contribution is 2.48. The smallest absolute Gasteiger partial charge is 0.0634 e. The van der Waals surface area contributed by atoms with Gasteiger partial charge in [0.15, 0.2) is 0 Å². The highest BCUT2D eigenvalue weighted by Gasteiger charge is 2.22. The molecule has 57 heavy (non-hydrogen) atoms. The Morgan fingerprint density at radius 3 is 1.40 bits per heavy atom. The van der Waals surface area contributed by atoms with Crippen molar-refractivity contribution in [2.24, 2.45) is 0 Å². The van der Waals surface area contributed by atoms with Crippen LogP contribution in [0.1, 0.15) is 0 Å². The summed E-state index contributed by atoms with van der Waals surface area (Å²) < 4.78 is 5.07. The van der Waals surface area contributed by atoms with Gasteiger partial charge in [-0.05, 0) is 94.5 Å². The molecule has 0 spiro atoms. The highest BCUT2D eigenvalue weighted by atomic mass is 32.1. The minimum absolute atomic E-state index is 1.10. The molecule has 0 radical (unpaired) electrons. The van der Waals surface area contributed by atoms with Gasteiger partial charge in [-0.1, -0.05) is 152 Å². The first-order valence-electron chi connectivity index (χ1n) is 19.4. The SMILES string of the molecule is c1ccc(-c2ccc(N(c3ccc(-c4ccccc4)cc3)c3ccc(-c4cc5c6ccccc6n(-c6ccccc6)c5c5c4sc4ccccc45)cc3)cc2)cc1. The average molecular weight is 745 g/mol. The quantitative estimate of drug-likeness (QED) is 0.158. The molecule has 9 aromatic carbocycles. The van der Waals surface area contributed by atoms with Gasteiger partial charge >= 0.3 is 0 Å².